The van der Waals surface area contributed by atoms with Crippen molar-refractivity contribution in [2.45, 2.75) is 13.2 Å². The van der Waals surface area contributed by atoms with E-state index in [9.17, 15) is 4.79 Å². The smallest absolute Gasteiger partial charge is 0.257 e. The molecule has 0 aliphatic heterocycles. The molecular formula is C19H15Cl2NO3. The predicted octanol–water partition coefficient (Wildman–Crippen LogP) is 5.56. The molecule has 1 heterocycles. The predicted molar refractivity (Wildman–Crippen MR) is 98.1 cm³/mol. The molecule has 0 bridgehead atoms. The van der Waals surface area contributed by atoms with Crippen molar-refractivity contribution in [2.24, 2.45) is 0 Å². The largest absolute Gasteiger partial charge is 0.467 e. The second-order valence-corrected chi connectivity index (χ2v) is 6.19. The molecule has 0 aliphatic carbocycles. The summed E-state index contributed by atoms with van der Waals surface area (Å²) in [4.78, 5) is 12.4. The summed E-state index contributed by atoms with van der Waals surface area (Å²) in [7, 11) is 0. The Balaban J connectivity index is 1.63. The Morgan fingerprint density at radius 3 is 2.72 bits per heavy atom. The molecule has 1 amide bonds. The van der Waals surface area contributed by atoms with Crippen molar-refractivity contribution in [2.75, 3.05) is 5.32 Å². The van der Waals surface area contributed by atoms with Crippen LogP contribution in [0.2, 0.25) is 10.0 Å². The Labute approximate surface area is 155 Å². The zero-order valence-electron chi connectivity index (χ0n) is 13.2. The van der Waals surface area contributed by atoms with Crippen LogP contribution in [0.1, 0.15) is 21.7 Å². The summed E-state index contributed by atoms with van der Waals surface area (Å²) in [5.74, 6) is 0.446. The van der Waals surface area contributed by atoms with E-state index in [0.717, 1.165) is 11.3 Å². The Morgan fingerprint density at radius 1 is 1.04 bits per heavy atom. The number of hydrogen-bond donors (Lipinski definition) is 1. The molecule has 128 valence electrons. The van der Waals surface area contributed by atoms with Crippen LogP contribution in [0.4, 0.5) is 5.69 Å². The highest BCUT2D eigenvalue weighted by Crippen LogP contribution is 2.22. The topological polar surface area (TPSA) is 51.5 Å². The highest BCUT2D eigenvalue weighted by molar-refractivity contribution is 6.36. The van der Waals surface area contributed by atoms with Gasteiger partial charge in [-0.25, -0.2) is 0 Å². The number of carbonyl (C=O) groups excluding carboxylic acids is 1. The number of nitrogens with one attached hydrogen (secondary N) is 1. The van der Waals surface area contributed by atoms with Crippen LogP contribution in [-0.4, -0.2) is 5.91 Å². The van der Waals surface area contributed by atoms with Crippen molar-refractivity contribution in [1.29, 1.82) is 0 Å². The van der Waals surface area contributed by atoms with Crippen molar-refractivity contribution in [3.05, 3.63) is 87.8 Å². The quantitative estimate of drug-likeness (QED) is 0.613. The number of ether oxygens (including phenoxy) is 1. The highest BCUT2D eigenvalue weighted by atomic mass is 35.5. The molecule has 3 aromatic rings. The van der Waals surface area contributed by atoms with Gasteiger partial charge in [-0.05, 0) is 48.0 Å². The summed E-state index contributed by atoms with van der Waals surface area (Å²) < 4.78 is 10.8. The molecule has 1 aromatic heterocycles. The van der Waals surface area contributed by atoms with Crippen LogP contribution >= 0.6 is 23.2 Å². The van der Waals surface area contributed by atoms with Crippen molar-refractivity contribution in [3.63, 3.8) is 0 Å². The summed E-state index contributed by atoms with van der Waals surface area (Å²) in [6, 6.07) is 15.8. The van der Waals surface area contributed by atoms with Crippen LogP contribution in [0, 0.1) is 0 Å². The van der Waals surface area contributed by atoms with Crippen LogP contribution in [0.15, 0.2) is 65.3 Å². The molecular weight excluding hydrogens is 361 g/mol. The lowest BCUT2D eigenvalue weighted by Crippen LogP contribution is -2.12. The van der Waals surface area contributed by atoms with E-state index in [-0.39, 0.29) is 5.91 Å². The minimum atomic E-state index is -0.318. The van der Waals surface area contributed by atoms with E-state index in [1.807, 2.05) is 30.3 Å². The number of anilines is 1. The molecule has 0 saturated heterocycles. The van der Waals surface area contributed by atoms with E-state index in [0.29, 0.717) is 34.5 Å². The van der Waals surface area contributed by atoms with Gasteiger partial charge in [0.05, 0.1) is 23.5 Å². The van der Waals surface area contributed by atoms with Gasteiger partial charge in [-0.2, -0.15) is 0 Å². The van der Waals surface area contributed by atoms with Gasteiger partial charge in [0.15, 0.2) is 0 Å². The fourth-order valence-corrected chi connectivity index (χ4v) is 2.65. The molecule has 0 fully saturated rings. The maximum atomic E-state index is 12.4. The minimum absolute atomic E-state index is 0.318. The van der Waals surface area contributed by atoms with Crippen LogP contribution in [0.3, 0.4) is 0 Å². The average molecular weight is 376 g/mol. The van der Waals surface area contributed by atoms with Crippen LogP contribution in [0.5, 0.6) is 0 Å². The Kier molecular flexibility index (Phi) is 5.76. The maximum absolute atomic E-state index is 12.4. The van der Waals surface area contributed by atoms with Crippen molar-refractivity contribution in [1.82, 2.24) is 0 Å². The molecule has 0 unspecified atom stereocenters. The number of benzene rings is 2. The van der Waals surface area contributed by atoms with Gasteiger partial charge < -0.3 is 14.5 Å². The van der Waals surface area contributed by atoms with E-state index in [1.165, 1.54) is 6.07 Å². The second-order valence-electron chi connectivity index (χ2n) is 5.35. The first-order valence-corrected chi connectivity index (χ1v) is 8.33. The molecule has 2 aromatic carbocycles. The molecule has 1 N–H and O–H groups in total. The SMILES string of the molecule is O=C(Nc1cccc(COCc2ccco2)c1)c1cc(Cl)ccc1Cl. The van der Waals surface area contributed by atoms with Gasteiger partial charge >= 0.3 is 0 Å². The monoisotopic (exact) mass is 375 g/mol. The number of rotatable bonds is 6. The first-order chi connectivity index (χ1) is 12.1. The number of halogens is 2. The summed E-state index contributed by atoms with van der Waals surface area (Å²) in [6.45, 7) is 0.796. The molecule has 0 aliphatic rings. The second kappa shape index (κ2) is 8.21. The van der Waals surface area contributed by atoms with E-state index in [1.54, 1.807) is 24.5 Å². The van der Waals surface area contributed by atoms with Crippen LogP contribution < -0.4 is 5.32 Å². The molecule has 6 heteroatoms. The summed E-state index contributed by atoms with van der Waals surface area (Å²) in [5.41, 5.74) is 1.91. The van der Waals surface area contributed by atoms with Gasteiger partial charge in [0, 0.05) is 10.7 Å². The van der Waals surface area contributed by atoms with Gasteiger partial charge in [-0.1, -0.05) is 35.3 Å². The Morgan fingerprint density at radius 2 is 1.92 bits per heavy atom. The lowest BCUT2D eigenvalue weighted by Gasteiger charge is -2.09. The van der Waals surface area contributed by atoms with Gasteiger partial charge in [-0.3, -0.25) is 4.79 Å². The van der Waals surface area contributed by atoms with Gasteiger partial charge in [-0.15, -0.1) is 0 Å². The zero-order chi connectivity index (χ0) is 17.6. The molecule has 25 heavy (non-hydrogen) atoms. The number of hydrogen-bond acceptors (Lipinski definition) is 3. The molecule has 0 spiro atoms. The normalized spacial score (nSPS) is 10.6. The number of carbonyl (C=O) groups is 1. The summed E-state index contributed by atoms with van der Waals surface area (Å²) in [5, 5.41) is 3.61. The number of amides is 1. The highest BCUT2D eigenvalue weighted by Gasteiger charge is 2.11. The third-order valence-corrected chi connectivity index (χ3v) is 4.02. The maximum Gasteiger partial charge on any atom is 0.257 e. The van der Waals surface area contributed by atoms with Crippen LogP contribution in [-0.2, 0) is 18.0 Å². The van der Waals surface area contributed by atoms with E-state index in [4.69, 9.17) is 32.4 Å². The molecule has 4 nitrogen and oxygen atoms in total. The first kappa shape index (κ1) is 17.5. The Hall–Kier alpha value is -2.27. The lowest BCUT2D eigenvalue weighted by molar-refractivity contribution is 0.0929. The van der Waals surface area contributed by atoms with Crippen molar-refractivity contribution < 1.29 is 13.9 Å². The van der Waals surface area contributed by atoms with Gasteiger partial charge in [0.1, 0.15) is 12.4 Å². The van der Waals surface area contributed by atoms with Crippen molar-refractivity contribution >= 4 is 34.8 Å². The third-order valence-electron chi connectivity index (χ3n) is 3.45. The minimum Gasteiger partial charge on any atom is -0.467 e. The van der Waals surface area contributed by atoms with Gasteiger partial charge in [0.25, 0.3) is 5.91 Å². The zero-order valence-corrected chi connectivity index (χ0v) is 14.7. The fourth-order valence-electron chi connectivity index (χ4n) is 2.27. The van der Waals surface area contributed by atoms with Crippen LogP contribution in [0.25, 0.3) is 0 Å². The standard InChI is InChI=1S/C19H15Cl2NO3/c20-14-6-7-18(21)17(10-14)19(23)22-15-4-1-3-13(9-15)11-24-12-16-5-2-8-25-16/h1-10H,11-12H2,(H,22,23). The first-order valence-electron chi connectivity index (χ1n) is 7.57. The fraction of sp³-hybridized carbons (Fsp3) is 0.105. The lowest BCUT2D eigenvalue weighted by atomic mass is 10.2. The van der Waals surface area contributed by atoms with E-state index < -0.39 is 0 Å². The van der Waals surface area contributed by atoms with Gasteiger partial charge in [0.2, 0.25) is 0 Å². The van der Waals surface area contributed by atoms with E-state index in [2.05, 4.69) is 5.32 Å². The average Bonchev–Trinajstić information content (AvgIpc) is 3.11. The number of furan rings is 1. The summed E-state index contributed by atoms with van der Waals surface area (Å²) in [6.07, 6.45) is 1.61. The molecule has 0 saturated carbocycles. The Bertz CT molecular complexity index is 863. The van der Waals surface area contributed by atoms with Crippen molar-refractivity contribution in [3.8, 4) is 0 Å². The summed E-state index contributed by atoms with van der Waals surface area (Å²) >= 11 is 12.0. The third kappa shape index (κ3) is 4.86. The molecule has 3 rings (SSSR count). The molecule has 0 radical (unpaired) electrons. The van der Waals surface area contributed by atoms with E-state index >= 15 is 0 Å². The molecule has 0 atom stereocenters.